The fourth-order valence-corrected chi connectivity index (χ4v) is 3.20. The molecule has 25 heavy (non-hydrogen) atoms. The first kappa shape index (κ1) is 15.9. The molecule has 130 valence electrons. The van der Waals surface area contributed by atoms with Crippen LogP contribution in [0.2, 0.25) is 0 Å². The van der Waals surface area contributed by atoms with Crippen LogP contribution in [0.5, 0.6) is 5.75 Å². The summed E-state index contributed by atoms with van der Waals surface area (Å²) in [6, 6.07) is 8.49. The number of fused-ring (bicyclic) bond motifs is 1. The monoisotopic (exact) mass is 345 g/mol. The molecule has 3 heterocycles. The fourth-order valence-electron chi connectivity index (χ4n) is 3.20. The predicted octanol–water partition coefficient (Wildman–Crippen LogP) is 2.86. The number of benzene rings is 1. The number of nitrogens with zero attached hydrogens (tertiary/aromatic N) is 4. The average molecular weight is 345 g/mol. The van der Waals surface area contributed by atoms with Gasteiger partial charge in [-0.05, 0) is 56.3 Å². The van der Waals surface area contributed by atoms with E-state index >= 15 is 0 Å². The number of hydrogen-bond donors (Lipinski definition) is 1. The van der Waals surface area contributed by atoms with Crippen LogP contribution < -0.4 is 10.1 Å². The Bertz CT molecular complexity index is 859. The summed E-state index contributed by atoms with van der Waals surface area (Å²) in [6.45, 7) is -0.890. The Morgan fingerprint density at radius 3 is 2.64 bits per heavy atom. The summed E-state index contributed by atoms with van der Waals surface area (Å²) < 4.78 is 30.7. The number of halogens is 2. The molecule has 0 amide bonds. The standard InChI is InChI=1S/C17H17F2N5O/c18-16(19)25-13-3-1-11(2-4-13)14-9-15(12-5-7-20-8-6-12)24-17(23-14)21-10-22-24/h1-4,9-10,12,16,20H,5-8H2. The Kier molecular flexibility index (Phi) is 4.27. The minimum atomic E-state index is -2.83. The molecule has 0 saturated carbocycles. The number of piperidine rings is 1. The topological polar surface area (TPSA) is 64.3 Å². The van der Waals surface area contributed by atoms with E-state index in [9.17, 15) is 8.78 Å². The van der Waals surface area contributed by atoms with Crippen molar-refractivity contribution >= 4 is 5.78 Å². The lowest BCUT2D eigenvalue weighted by Crippen LogP contribution is -2.27. The van der Waals surface area contributed by atoms with E-state index in [0.29, 0.717) is 11.7 Å². The van der Waals surface area contributed by atoms with Crippen molar-refractivity contribution in [1.29, 1.82) is 0 Å². The second-order valence-corrected chi connectivity index (χ2v) is 5.97. The van der Waals surface area contributed by atoms with Crippen LogP contribution in [0.1, 0.15) is 24.5 Å². The molecule has 6 nitrogen and oxygen atoms in total. The molecule has 1 N–H and O–H groups in total. The quantitative estimate of drug-likeness (QED) is 0.788. The van der Waals surface area contributed by atoms with Gasteiger partial charge in [0.25, 0.3) is 5.78 Å². The Labute approximate surface area is 142 Å². The van der Waals surface area contributed by atoms with E-state index in [4.69, 9.17) is 0 Å². The molecule has 2 aromatic heterocycles. The normalized spacial score (nSPS) is 15.8. The summed E-state index contributed by atoms with van der Waals surface area (Å²) in [7, 11) is 0. The Hall–Kier alpha value is -2.61. The van der Waals surface area contributed by atoms with E-state index in [2.05, 4.69) is 25.1 Å². The summed E-state index contributed by atoms with van der Waals surface area (Å²) >= 11 is 0. The SMILES string of the molecule is FC(F)Oc1ccc(-c2cc(C3CCNCC3)n3ncnc3n2)cc1. The zero-order valence-corrected chi connectivity index (χ0v) is 13.4. The van der Waals surface area contributed by atoms with Crippen LogP contribution in [-0.4, -0.2) is 39.3 Å². The Morgan fingerprint density at radius 2 is 1.92 bits per heavy atom. The third-order valence-electron chi connectivity index (χ3n) is 4.41. The number of rotatable bonds is 4. The van der Waals surface area contributed by atoms with Gasteiger partial charge in [0, 0.05) is 11.5 Å². The molecule has 0 unspecified atom stereocenters. The van der Waals surface area contributed by atoms with Crippen LogP contribution in [0.4, 0.5) is 8.78 Å². The highest BCUT2D eigenvalue weighted by Crippen LogP contribution is 2.29. The number of nitrogens with one attached hydrogen (secondary N) is 1. The van der Waals surface area contributed by atoms with Gasteiger partial charge in [-0.1, -0.05) is 0 Å². The molecule has 4 rings (SSSR count). The van der Waals surface area contributed by atoms with Crippen LogP contribution in [0.25, 0.3) is 17.0 Å². The molecule has 1 aromatic carbocycles. The minimum absolute atomic E-state index is 0.126. The van der Waals surface area contributed by atoms with Gasteiger partial charge in [0.15, 0.2) is 0 Å². The maximum atomic E-state index is 12.3. The molecule has 8 heteroatoms. The van der Waals surface area contributed by atoms with Gasteiger partial charge < -0.3 is 10.1 Å². The molecular weight excluding hydrogens is 328 g/mol. The summed E-state index contributed by atoms with van der Waals surface area (Å²) in [5.74, 6) is 1.05. The van der Waals surface area contributed by atoms with Gasteiger partial charge in [-0.25, -0.2) is 9.50 Å². The Balaban J connectivity index is 1.72. The molecule has 1 saturated heterocycles. The second kappa shape index (κ2) is 6.72. The van der Waals surface area contributed by atoms with Gasteiger partial charge in [0.2, 0.25) is 0 Å². The molecule has 0 bridgehead atoms. The maximum Gasteiger partial charge on any atom is 0.387 e. The molecule has 0 aliphatic carbocycles. The lowest BCUT2D eigenvalue weighted by atomic mass is 9.93. The predicted molar refractivity (Wildman–Crippen MR) is 87.7 cm³/mol. The van der Waals surface area contributed by atoms with E-state index in [1.807, 2.05) is 6.07 Å². The summed E-state index contributed by atoms with van der Waals surface area (Å²) in [5, 5.41) is 7.65. The smallest absolute Gasteiger partial charge is 0.387 e. The number of ether oxygens (including phenoxy) is 1. The molecule has 1 fully saturated rings. The van der Waals surface area contributed by atoms with Crippen molar-refractivity contribution < 1.29 is 13.5 Å². The first-order valence-corrected chi connectivity index (χ1v) is 8.17. The van der Waals surface area contributed by atoms with E-state index in [-0.39, 0.29) is 5.75 Å². The lowest BCUT2D eigenvalue weighted by molar-refractivity contribution is -0.0498. The summed E-state index contributed by atoms with van der Waals surface area (Å²) in [5.41, 5.74) is 2.65. The molecule has 1 aliphatic rings. The van der Waals surface area contributed by atoms with Crippen molar-refractivity contribution in [2.45, 2.75) is 25.4 Å². The van der Waals surface area contributed by atoms with Gasteiger partial charge >= 0.3 is 6.61 Å². The van der Waals surface area contributed by atoms with Gasteiger partial charge in [0.05, 0.1) is 11.4 Å². The van der Waals surface area contributed by atoms with Gasteiger partial charge in [-0.2, -0.15) is 18.9 Å². The van der Waals surface area contributed by atoms with Crippen LogP contribution in [0, 0.1) is 0 Å². The van der Waals surface area contributed by atoms with E-state index in [0.717, 1.165) is 42.9 Å². The second-order valence-electron chi connectivity index (χ2n) is 5.97. The maximum absolute atomic E-state index is 12.3. The largest absolute Gasteiger partial charge is 0.435 e. The molecule has 0 spiro atoms. The first-order chi connectivity index (χ1) is 12.2. The molecule has 0 atom stereocenters. The van der Waals surface area contributed by atoms with Crippen molar-refractivity contribution in [2.24, 2.45) is 0 Å². The number of hydrogen-bond acceptors (Lipinski definition) is 5. The highest BCUT2D eigenvalue weighted by molar-refractivity contribution is 5.62. The average Bonchev–Trinajstić information content (AvgIpc) is 3.10. The highest BCUT2D eigenvalue weighted by atomic mass is 19.3. The van der Waals surface area contributed by atoms with Crippen LogP contribution >= 0.6 is 0 Å². The molecule has 3 aromatic rings. The Morgan fingerprint density at radius 1 is 1.16 bits per heavy atom. The van der Waals surface area contributed by atoms with Crippen molar-refractivity contribution in [3.63, 3.8) is 0 Å². The summed E-state index contributed by atoms with van der Waals surface area (Å²) in [4.78, 5) is 8.75. The van der Waals surface area contributed by atoms with E-state index in [1.54, 1.807) is 16.6 Å². The first-order valence-electron chi connectivity index (χ1n) is 8.17. The van der Waals surface area contributed by atoms with Gasteiger partial charge in [-0.3, -0.25) is 0 Å². The number of aromatic nitrogens is 4. The molecule has 0 radical (unpaired) electrons. The minimum Gasteiger partial charge on any atom is -0.435 e. The van der Waals surface area contributed by atoms with Gasteiger partial charge in [0.1, 0.15) is 12.1 Å². The number of alkyl halides is 2. The van der Waals surface area contributed by atoms with Crippen LogP contribution in [-0.2, 0) is 0 Å². The third kappa shape index (κ3) is 3.30. The summed E-state index contributed by atoms with van der Waals surface area (Å²) in [6.07, 6.45) is 3.55. The van der Waals surface area contributed by atoms with Crippen LogP contribution in [0.3, 0.4) is 0 Å². The van der Waals surface area contributed by atoms with E-state index in [1.165, 1.54) is 18.5 Å². The third-order valence-corrected chi connectivity index (χ3v) is 4.41. The van der Waals surface area contributed by atoms with Crippen molar-refractivity contribution in [1.82, 2.24) is 24.9 Å². The van der Waals surface area contributed by atoms with Crippen molar-refractivity contribution in [3.8, 4) is 17.0 Å². The highest BCUT2D eigenvalue weighted by Gasteiger charge is 2.20. The zero-order valence-electron chi connectivity index (χ0n) is 13.4. The lowest BCUT2D eigenvalue weighted by Gasteiger charge is -2.23. The van der Waals surface area contributed by atoms with Crippen molar-refractivity contribution in [2.75, 3.05) is 13.1 Å². The van der Waals surface area contributed by atoms with Crippen LogP contribution in [0.15, 0.2) is 36.7 Å². The molecule has 1 aliphatic heterocycles. The van der Waals surface area contributed by atoms with Crippen molar-refractivity contribution in [3.05, 3.63) is 42.4 Å². The fraction of sp³-hybridized carbons (Fsp3) is 0.353. The zero-order chi connectivity index (χ0) is 17.2. The van der Waals surface area contributed by atoms with Gasteiger partial charge in [-0.15, -0.1) is 0 Å². The molecular formula is C17H17F2N5O. The van der Waals surface area contributed by atoms with E-state index < -0.39 is 6.61 Å².